The SMILES string of the molecule is O=C(CC12CC3CC(CC(C3)C1)C2)Nc1ncnc2c1CCN(Cc1ccc(F)cc1)C2. The minimum absolute atomic E-state index is 0.126. The van der Waals surface area contributed by atoms with E-state index in [4.69, 9.17) is 0 Å². The summed E-state index contributed by atoms with van der Waals surface area (Å²) in [6, 6.07) is 6.68. The number of hydrogen-bond acceptors (Lipinski definition) is 4. The fourth-order valence-electron chi connectivity index (χ4n) is 7.52. The molecule has 5 aliphatic rings. The molecule has 2 aromatic rings. The summed E-state index contributed by atoms with van der Waals surface area (Å²) in [5, 5.41) is 3.17. The fourth-order valence-corrected chi connectivity index (χ4v) is 7.52. The van der Waals surface area contributed by atoms with Gasteiger partial charge in [0, 0.05) is 31.6 Å². The van der Waals surface area contributed by atoms with Gasteiger partial charge in [0.15, 0.2) is 0 Å². The van der Waals surface area contributed by atoms with Gasteiger partial charge in [0.2, 0.25) is 5.91 Å². The molecule has 4 aliphatic carbocycles. The van der Waals surface area contributed by atoms with E-state index in [1.807, 2.05) is 12.1 Å². The van der Waals surface area contributed by atoms with Gasteiger partial charge in [-0.1, -0.05) is 12.1 Å². The molecule has 0 unspecified atom stereocenters. The van der Waals surface area contributed by atoms with Gasteiger partial charge in [-0.05, 0) is 85.8 Å². The molecule has 1 aromatic heterocycles. The van der Waals surface area contributed by atoms with Crippen molar-refractivity contribution < 1.29 is 9.18 Å². The van der Waals surface area contributed by atoms with Crippen molar-refractivity contribution in [3.63, 3.8) is 0 Å². The van der Waals surface area contributed by atoms with Crippen molar-refractivity contribution in [2.45, 2.75) is 64.5 Å². The Hall–Kier alpha value is -2.34. The van der Waals surface area contributed by atoms with Crippen LogP contribution in [0.25, 0.3) is 0 Å². The van der Waals surface area contributed by atoms with Gasteiger partial charge in [-0.3, -0.25) is 9.69 Å². The molecular formula is C26H31FN4O. The number of hydrogen-bond donors (Lipinski definition) is 1. The number of carbonyl (C=O) groups is 1. The van der Waals surface area contributed by atoms with Crippen molar-refractivity contribution in [3.8, 4) is 0 Å². The number of aromatic nitrogens is 2. The van der Waals surface area contributed by atoms with E-state index in [1.165, 1.54) is 50.7 Å². The van der Waals surface area contributed by atoms with E-state index >= 15 is 0 Å². The molecule has 1 amide bonds. The maximum atomic E-state index is 13.2. The Morgan fingerprint density at radius 3 is 2.44 bits per heavy atom. The highest BCUT2D eigenvalue weighted by Crippen LogP contribution is 2.61. The van der Waals surface area contributed by atoms with Gasteiger partial charge in [0.25, 0.3) is 0 Å². The van der Waals surface area contributed by atoms with Crippen LogP contribution >= 0.6 is 0 Å². The first-order valence-corrected chi connectivity index (χ1v) is 12.1. The molecule has 4 saturated carbocycles. The molecule has 6 heteroatoms. The molecule has 7 rings (SSSR count). The highest BCUT2D eigenvalue weighted by Gasteiger charge is 2.51. The molecule has 0 atom stereocenters. The van der Waals surface area contributed by atoms with Crippen molar-refractivity contribution in [2.24, 2.45) is 23.2 Å². The summed E-state index contributed by atoms with van der Waals surface area (Å²) < 4.78 is 13.2. The van der Waals surface area contributed by atoms with Gasteiger partial charge >= 0.3 is 0 Å². The second kappa shape index (κ2) is 7.91. The Bertz CT molecular complexity index is 986. The number of nitrogens with one attached hydrogen (secondary N) is 1. The first kappa shape index (κ1) is 20.3. The predicted octanol–water partition coefficient (Wildman–Crippen LogP) is 4.72. The van der Waals surface area contributed by atoms with Gasteiger partial charge in [-0.25, -0.2) is 14.4 Å². The van der Waals surface area contributed by atoms with Crippen molar-refractivity contribution in [1.82, 2.24) is 14.9 Å². The number of nitrogens with zero attached hydrogens (tertiary/aromatic N) is 3. The third kappa shape index (κ3) is 3.94. The number of halogens is 1. The van der Waals surface area contributed by atoms with E-state index in [0.29, 0.717) is 18.8 Å². The van der Waals surface area contributed by atoms with Gasteiger partial charge in [-0.15, -0.1) is 0 Å². The first-order chi connectivity index (χ1) is 15.5. The van der Waals surface area contributed by atoms with E-state index in [0.717, 1.165) is 54.1 Å². The largest absolute Gasteiger partial charge is 0.310 e. The van der Waals surface area contributed by atoms with E-state index < -0.39 is 0 Å². The average Bonchev–Trinajstić information content (AvgIpc) is 2.74. The third-order valence-electron chi connectivity index (χ3n) is 8.36. The standard InChI is InChI=1S/C26H31FN4O/c27-21-3-1-17(2-4-21)14-31-6-5-22-23(15-31)28-16-29-25(22)30-24(32)13-26-10-18-7-19(11-26)9-20(8-18)12-26/h1-4,16,18-20H,5-15H2,(H,28,29,30,32). The van der Waals surface area contributed by atoms with E-state index in [9.17, 15) is 9.18 Å². The minimum atomic E-state index is -0.209. The van der Waals surface area contributed by atoms with Crippen LogP contribution in [-0.4, -0.2) is 27.3 Å². The van der Waals surface area contributed by atoms with E-state index in [-0.39, 0.29) is 17.1 Å². The monoisotopic (exact) mass is 434 g/mol. The van der Waals surface area contributed by atoms with Crippen LogP contribution in [0.5, 0.6) is 0 Å². The van der Waals surface area contributed by atoms with Crippen molar-refractivity contribution in [2.75, 3.05) is 11.9 Å². The third-order valence-corrected chi connectivity index (χ3v) is 8.36. The molecule has 1 N–H and O–H groups in total. The number of carbonyl (C=O) groups excluding carboxylic acids is 1. The maximum absolute atomic E-state index is 13.2. The highest BCUT2D eigenvalue weighted by atomic mass is 19.1. The Labute approximate surface area is 188 Å². The molecule has 5 nitrogen and oxygen atoms in total. The number of amides is 1. The Kier molecular flexibility index (Phi) is 5.01. The molecule has 168 valence electrons. The minimum Gasteiger partial charge on any atom is -0.310 e. The molecule has 1 aliphatic heterocycles. The van der Waals surface area contributed by atoms with Crippen LogP contribution in [0.1, 0.15) is 61.8 Å². The number of rotatable bonds is 5. The summed E-state index contributed by atoms with van der Waals surface area (Å²) in [5.41, 5.74) is 3.38. The predicted molar refractivity (Wildman–Crippen MR) is 120 cm³/mol. The Morgan fingerprint density at radius 1 is 1.06 bits per heavy atom. The molecule has 1 aromatic carbocycles. The second-order valence-electron chi connectivity index (χ2n) is 10.9. The smallest absolute Gasteiger partial charge is 0.226 e. The van der Waals surface area contributed by atoms with Gasteiger partial charge in [0.05, 0.1) is 5.69 Å². The van der Waals surface area contributed by atoms with Gasteiger partial charge in [-0.2, -0.15) is 0 Å². The Morgan fingerprint density at radius 2 is 1.75 bits per heavy atom. The normalized spacial score (nSPS) is 30.8. The van der Waals surface area contributed by atoms with Gasteiger partial charge < -0.3 is 5.32 Å². The summed E-state index contributed by atoms with van der Waals surface area (Å²) in [7, 11) is 0. The maximum Gasteiger partial charge on any atom is 0.226 e. The summed E-state index contributed by atoms with van der Waals surface area (Å²) in [6.07, 6.45) is 10.9. The topological polar surface area (TPSA) is 58.1 Å². The van der Waals surface area contributed by atoms with Crippen LogP contribution in [0.3, 0.4) is 0 Å². The molecule has 0 spiro atoms. The van der Waals surface area contributed by atoms with E-state index in [1.54, 1.807) is 6.33 Å². The lowest BCUT2D eigenvalue weighted by atomic mass is 9.49. The molecular weight excluding hydrogens is 403 g/mol. The van der Waals surface area contributed by atoms with Crippen LogP contribution in [0, 0.1) is 29.0 Å². The number of anilines is 1. The number of fused-ring (bicyclic) bond motifs is 1. The lowest BCUT2D eigenvalue weighted by molar-refractivity contribution is -0.124. The zero-order valence-electron chi connectivity index (χ0n) is 18.5. The van der Waals surface area contributed by atoms with Crippen LogP contribution in [0.15, 0.2) is 30.6 Å². The second-order valence-corrected chi connectivity index (χ2v) is 10.9. The van der Waals surface area contributed by atoms with Crippen molar-refractivity contribution >= 4 is 11.7 Å². The molecule has 0 radical (unpaired) electrons. The molecule has 4 bridgehead atoms. The lowest BCUT2D eigenvalue weighted by Gasteiger charge is -2.56. The van der Waals surface area contributed by atoms with Crippen LogP contribution < -0.4 is 5.32 Å². The number of benzene rings is 1. The van der Waals surface area contributed by atoms with Crippen molar-refractivity contribution in [1.29, 1.82) is 0 Å². The lowest BCUT2D eigenvalue weighted by Crippen LogP contribution is -2.47. The summed E-state index contributed by atoms with van der Waals surface area (Å²) in [4.78, 5) is 24.4. The first-order valence-electron chi connectivity index (χ1n) is 12.1. The van der Waals surface area contributed by atoms with Crippen LogP contribution in [0.2, 0.25) is 0 Å². The molecule has 2 heterocycles. The van der Waals surface area contributed by atoms with Gasteiger partial charge in [0.1, 0.15) is 18.0 Å². The zero-order valence-corrected chi connectivity index (χ0v) is 18.5. The summed E-state index contributed by atoms with van der Waals surface area (Å²) >= 11 is 0. The fraction of sp³-hybridized carbons (Fsp3) is 0.577. The average molecular weight is 435 g/mol. The molecule has 0 saturated heterocycles. The van der Waals surface area contributed by atoms with Crippen LogP contribution in [-0.2, 0) is 24.3 Å². The zero-order chi connectivity index (χ0) is 21.7. The quantitative estimate of drug-likeness (QED) is 0.740. The van der Waals surface area contributed by atoms with Crippen LogP contribution in [0.4, 0.5) is 10.2 Å². The highest BCUT2D eigenvalue weighted by molar-refractivity contribution is 5.91. The summed E-state index contributed by atoms with van der Waals surface area (Å²) in [6.45, 7) is 2.35. The Balaban J connectivity index is 1.12. The van der Waals surface area contributed by atoms with Crippen molar-refractivity contribution in [3.05, 3.63) is 53.2 Å². The molecule has 32 heavy (non-hydrogen) atoms. The van der Waals surface area contributed by atoms with E-state index in [2.05, 4.69) is 20.2 Å². The summed E-state index contributed by atoms with van der Waals surface area (Å²) in [5.74, 6) is 3.18. The molecule has 4 fully saturated rings.